The number of hydrogen-bond acceptors (Lipinski definition) is 4. The molecule has 0 aliphatic rings. The summed E-state index contributed by atoms with van der Waals surface area (Å²) in [6.07, 6.45) is 0. The van der Waals surface area contributed by atoms with Crippen molar-refractivity contribution >= 4 is 15.9 Å². The minimum absolute atomic E-state index is 0.116. The molecule has 19 heavy (non-hydrogen) atoms. The number of nitrogens with two attached hydrogens (primary N) is 1. The molecule has 6 heteroatoms. The van der Waals surface area contributed by atoms with Crippen LogP contribution in [0.4, 0.5) is 0 Å². The van der Waals surface area contributed by atoms with Gasteiger partial charge in [0.15, 0.2) is 0 Å². The van der Waals surface area contributed by atoms with Gasteiger partial charge in [0.05, 0.1) is 0 Å². The molecule has 0 spiro atoms. The lowest BCUT2D eigenvalue weighted by atomic mass is 10.1. The zero-order chi connectivity index (χ0) is 14.0. The Morgan fingerprint density at radius 2 is 2.26 bits per heavy atom. The van der Waals surface area contributed by atoms with E-state index in [1.54, 1.807) is 18.2 Å². The average Bonchev–Trinajstić information content (AvgIpc) is 2.37. The van der Waals surface area contributed by atoms with E-state index >= 15 is 0 Å². The smallest absolute Gasteiger partial charge is 0.262 e. The Hall–Kier alpha value is -1.66. The minimum atomic E-state index is -0.374. The zero-order valence-corrected chi connectivity index (χ0v) is 11.9. The largest absolute Gasteiger partial charge is 0.493 e. The SMILES string of the molecule is CC(CN)c1nc(O)c(-c2cccc(Br)c2)c(=O)[nH]1. The predicted molar refractivity (Wildman–Crippen MR) is 77.1 cm³/mol. The average molecular weight is 324 g/mol. The third kappa shape index (κ3) is 2.85. The lowest BCUT2D eigenvalue weighted by Crippen LogP contribution is -2.19. The monoisotopic (exact) mass is 323 g/mol. The van der Waals surface area contributed by atoms with Gasteiger partial charge in [0.25, 0.3) is 5.56 Å². The fourth-order valence-corrected chi connectivity index (χ4v) is 2.13. The first kappa shape index (κ1) is 13.8. The second-order valence-corrected chi connectivity index (χ2v) is 5.21. The standard InChI is InChI=1S/C13H14BrN3O2/c1-7(6-15)11-16-12(18)10(13(19)17-11)8-3-2-4-9(14)5-8/h2-5,7H,6,15H2,1H3,(H2,16,17,18,19). The summed E-state index contributed by atoms with van der Waals surface area (Å²) in [4.78, 5) is 18.8. The maximum atomic E-state index is 12.1. The van der Waals surface area contributed by atoms with Crippen LogP contribution in [-0.2, 0) is 0 Å². The van der Waals surface area contributed by atoms with Crippen LogP contribution < -0.4 is 11.3 Å². The number of hydrogen-bond donors (Lipinski definition) is 3. The molecule has 0 radical (unpaired) electrons. The summed E-state index contributed by atoms with van der Waals surface area (Å²) in [6, 6.07) is 7.11. The van der Waals surface area contributed by atoms with Gasteiger partial charge in [-0.25, -0.2) is 0 Å². The molecule has 1 atom stereocenters. The van der Waals surface area contributed by atoms with Crippen LogP contribution in [0.25, 0.3) is 11.1 Å². The highest BCUT2D eigenvalue weighted by molar-refractivity contribution is 9.10. The molecule has 0 aliphatic heterocycles. The third-order valence-corrected chi connectivity index (χ3v) is 3.35. The molecule has 1 unspecified atom stereocenters. The van der Waals surface area contributed by atoms with Crippen molar-refractivity contribution in [1.29, 1.82) is 0 Å². The van der Waals surface area contributed by atoms with E-state index in [0.717, 1.165) is 4.47 Å². The Labute approximate surface area is 118 Å². The Kier molecular flexibility index (Phi) is 4.01. The van der Waals surface area contributed by atoms with E-state index in [1.807, 2.05) is 13.0 Å². The van der Waals surface area contributed by atoms with E-state index in [1.165, 1.54) is 0 Å². The molecule has 5 nitrogen and oxygen atoms in total. The molecule has 1 aromatic carbocycles. The molecular formula is C13H14BrN3O2. The normalized spacial score (nSPS) is 12.4. The van der Waals surface area contributed by atoms with Crippen molar-refractivity contribution in [2.75, 3.05) is 6.54 Å². The van der Waals surface area contributed by atoms with Gasteiger partial charge in [-0.2, -0.15) is 4.98 Å². The Bertz CT molecular complexity index is 655. The first-order valence-electron chi connectivity index (χ1n) is 5.82. The first-order chi connectivity index (χ1) is 9.02. The lowest BCUT2D eigenvalue weighted by Gasteiger charge is -2.10. The molecule has 0 saturated carbocycles. The Morgan fingerprint density at radius 1 is 1.53 bits per heavy atom. The van der Waals surface area contributed by atoms with Crippen LogP contribution in [0.15, 0.2) is 33.5 Å². The molecule has 2 rings (SSSR count). The van der Waals surface area contributed by atoms with Gasteiger partial charge in [-0.1, -0.05) is 35.0 Å². The molecule has 100 valence electrons. The second-order valence-electron chi connectivity index (χ2n) is 4.30. The summed E-state index contributed by atoms with van der Waals surface area (Å²) >= 11 is 3.33. The summed E-state index contributed by atoms with van der Waals surface area (Å²) < 4.78 is 0.822. The van der Waals surface area contributed by atoms with Gasteiger partial charge >= 0.3 is 0 Å². The fraction of sp³-hybridized carbons (Fsp3) is 0.231. The van der Waals surface area contributed by atoms with Crippen molar-refractivity contribution in [3.63, 3.8) is 0 Å². The van der Waals surface area contributed by atoms with E-state index in [4.69, 9.17) is 5.73 Å². The number of aromatic nitrogens is 2. The van der Waals surface area contributed by atoms with E-state index < -0.39 is 0 Å². The van der Waals surface area contributed by atoms with E-state index in [2.05, 4.69) is 25.9 Å². The van der Waals surface area contributed by atoms with Crippen LogP contribution in [0.3, 0.4) is 0 Å². The number of nitrogens with zero attached hydrogens (tertiary/aromatic N) is 1. The van der Waals surface area contributed by atoms with Gasteiger partial charge < -0.3 is 15.8 Å². The summed E-state index contributed by atoms with van der Waals surface area (Å²) in [6.45, 7) is 2.18. The molecule has 4 N–H and O–H groups in total. The Morgan fingerprint density at radius 3 is 2.84 bits per heavy atom. The van der Waals surface area contributed by atoms with Crippen LogP contribution in [0.5, 0.6) is 5.88 Å². The van der Waals surface area contributed by atoms with Crippen LogP contribution in [0.1, 0.15) is 18.7 Å². The van der Waals surface area contributed by atoms with Crippen LogP contribution in [-0.4, -0.2) is 21.6 Å². The second kappa shape index (κ2) is 5.54. The quantitative estimate of drug-likeness (QED) is 0.805. The molecule has 0 aliphatic carbocycles. The third-order valence-electron chi connectivity index (χ3n) is 2.85. The van der Waals surface area contributed by atoms with Crippen LogP contribution in [0, 0.1) is 0 Å². The van der Waals surface area contributed by atoms with Crippen LogP contribution >= 0.6 is 15.9 Å². The molecular weight excluding hydrogens is 310 g/mol. The summed E-state index contributed by atoms with van der Waals surface area (Å²) in [5, 5.41) is 9.97. The van der Waals surface area contributed by atoms with Crippen molar-refractivity contribution in [1.82, 2.24) is 9.97 Å². The maximum Gasteiger partial charge on any atom is 0.262 e. The number of benzene rings is 1. The number of aromatic amines is 1. The van der Waals surface area contributed by atoms with Gasteiger partial charge in [-0.3, -0.25) is 4.79 Å². The molecule has 1 heterocycles. The number of rotatable bonds is 3. The van der Waals surface area contributed by atoms with E-state index in [0.29, 0.717) is 17.9 Å². The first-order valence-corrected chi connectivity index (χ1v) is 6.61. The maximum absolute atomic E-state index is 12.1. The van der Waals surface area contributed by atoms with Gasteiger partial charge in [0, 0.05) is 16.9 Å². The van der Waals surface area contributed by atoms with Crippen molar-refractivity contribution in [2.24, 2.45) is 5.73 Å². The molecule has 2 aromatic rings. The Balaban J connectivity index is 2.57. The summed E-state index contributed by atoms with van der Waals surface area (Å²) in [7, 11) is 0. The highest BCUT2D eigenvalue weighted by Gasteiger charge is 2.15. The number of nitrogens with one attached hydrogen (secondary N) is 1. The van der Waals surface area contributed by atoms with Gasteiger partial charge in [0.1, 0.15) is 11.4 Å². The molecule has 0 saturated heterocycles. The number of H-pyrrole nitrogens is 1. The van der Waals surface area contributed by atoms with E-state index in [-0.39, 0.29) is 22.9 Å². The molecule has 1 aromatic heterocycles. The van der Waals surface area contributed by atoms with Gasteiger partial charge in [-0.05, 0) is 17.7 Å². The van der Waals surface area contributed by atoms with Gasteiger partial charge in [0.2, 0.25) is 5.88 Å². The number of aromatic hydroxyl groups is 1. The van der Waals surface area contributed by atoms with Gasteiger partial charge in [-0.15, -0.1) is 0 Å². The number of halogens is 1. The highest BCUT2D eigenvalue weighted by atomic mass is 79.9. The van der Waals surface area contributed by atoms with Crippen molar-refractivity contribution in [3.05, 3.63) is 44.9 Å². The van der Waals surface area contributed by atoms with Crippen molar-refractivity contribution < 1.29 is 5.11 Å². The molecule has 0 amide bonds. The lowest BCUT2D eigenvalue weighted by molar-refractivity contribution is 0.447. The van der Waals surface area contributed by atoms with E-state index in [9.17, 15) is 9.90 Å². The zero-order valence-electron chi connectivity index (χ0n) is 10.4. The van der Waals surface area contributed by atoms with Crippen molar-refractivity contribution in [2.45, 2.75) is 12.8 Å². The predicted octanol–water partition coefficient (Wildman–Crippen LogP) is 1.97. The molecule has 0 fully saturated rings. The topological polar surface area (TPSA) is 92.0 Å². The minimum Gasteiger partial charge on any atom is -0.493 e. The summed E-state index contributed by atoms with van der Waals surface area (Å²) in [5.41, 5.74) is 5.91. The molecule has 0 bridgehead atoms. The highest BCUT2D eigenvalue weighted by Crippen LogP contribution is 2.26. The van der Waals surface area contributed by atoms with Crippen molar-refractivity contribution in [3.8, 4) is 17.0 Å². The summed E-state index contributed by atoms with van der Waals surface area (Å²) in [5.74, 6) is -0.00365. The van der Waals surface area contributed by atoms with Crippen LogP contribution in [0.2, 0.25) is 0 Å². The fourth-order valence-electron chi connectivity index (χ4n) is 1.73.